The Labute approximate surface area is 120 Å². The first-order valence-corrected chi connectivity index (χ1v) is 7.79. The molecule has 1 atom stereocenters. The van der Waals surface area contributed by atoms with E-state index in [0.29, 0.717) is 5.41 Å². The van der Waals surface area contributed by atoms with Crippen LogP contribution in [0.4, 0.5) is 0 Å². The van der Waals surface area contributed by atoms with Crippen LogP contribution in [0.3, 0.4) is 0 Å². The van der Waals surface area contributed by atoms with Crippen molar-refractivity contribution in [2.45, 2.75) is 63.8 Å². The number of likely N-dealkylation sites (tertiary alicyclic amines) is 1. The van der Waals surface area contributed by atoms with E-state index in [2.05, 4.69) is 0 Å². The van der Waals surface area contributed by atoms with Crippen LogP contribution in [-0.4, -0.2) is 41.0 Å². The van der Waals surface area contributed by atoms with Crippen molar-refractivity contribution in [2.75, 3.05) is 13.1 Å². The molecule has 0 bridgehead atoms. The van der Waals surface area contributed by atoms with Gasteiger partial charge >= 0.3 is 5.97 Å². The van der Waals surface area contributed by atoms with Gasteiger partial charge in [0.2, 0.25) is 5.91 Å². The Morgan fingerprint density at radius 2 is 1.70 bits per heavy atom. The average molecular weight is 282 g/mol. The Kier molecular flexibility index (Phi) is 5.02. The monoisotopic (exact) mass is 282 g/mol. The number of hydrogen-bond acceptors (Lipinski definition) is 3. The van der Waals surface area contributed by atoms with Crippen molar-refractivity contribution in [3.05, 3.63) is 0 Å². The maximum atomic E-state index is 12.2. The van der Waals surface area contributed by atoms with E-state index in [4.69, 9.17) is 10.8 Å². The highest BCUT2D eigenvalue weighted by Gasteiger charge is 2.37. The van der Waals surface area contributed by atoms with E-state index in [1.54, 1.807) is 0 Å². The summed E-state index contributed by atoms with van der Waals surface area (Å²) in [7, 11) is 0. The molecule has 0 radical (unpaired) electrons. The zero-order valence-electron chi connectivity index (χ0n) is 12.1. The summed E-state index contributed by atoms with van der Waals surface area (Å²) in [6.45, 7) is 1.58. The molecule has 2 aliphatic rings. The van der Waals surface area contributed by atoms with Gasteiger partial charge in [0.1, 0.15) is 0 Å². The van der Waals surface area contributed by atoms with Gasteiger partial charge in [-0.15, -0.1) is 0 Å². The van der Waals surface area contributed by atoms with E-state index >= 15 is 0 Å². The highest BCUT2D eigenvalue weighted by atomic mass is 16.4. The van der Waals surface area contributed by atoms with Gasteiger partial charge in [-0.2, -0.15) is 0 Å². The maximum absolute atomic E-state index is 12.2. The topological polar surface area (TPSA) is 83.6 Å². The largest absolute Gasteiger partial charge is 0.481 e. The second-order valence-corrected chi connectivity index (χ2v) is 6.42. The fourth-order valence-electron chi connectivity index (χ4n) is 3.64. The lowest BCUT2D eigenvalue weighted by molar-refractivity contribution is -0.138. The van der Waals surface area contributed by atoms with Crippen LogP contribution in [0.1, 0.15) is 57.8 Å². The summed E-state index contributed by atoms with van der Waals surface area (Å²) in [5, 5.41) is 8.64. The molecule has 0 aromatic heterocycles. The molecule has 1 saturated heterocycles. The summed E-state index contributed by atoms with van der Waals surface area (Å²) < 4.78 is 0. The molecule has 2 rings (SSSR count). The van der Waals surface area contributed by atoms with Crippen LogP contribution < -0.4 is 5.73 Å². The fourth-order valence-corrected chi connectivity index (χ4v) is 3.64. The Hall–Kier alpha value is -1.10. The second-order valence-electron chi connectivity index (χ2n) is 6.42. The van der Waals surface area contributed by atoms with Crippen molar-refractivity contribution in [3.8, 4) is 0 Å². The summed E-state index contributed by atoms with van der Waals surface area (Å²) in [5.41, 5.74) is 6.28. The van der Waals surface area contributed by atoms with E-state index in [-0.39, 0.29) is 18.7 Å². The van der Waals surface area contributed by atoms with Crippen molar-refractivity contribution in [3.63, 3.8) is 0 Å². The van der Waals surface area contributed by atoms with E-state index in [1.165, 1.54) is 32.1 Å². The first-order valence-electron chi connectivity index (χ1n) is 7.79. The van der Waals surface area contributed by atoms with Crippen LogP contribution in [0, 0.1) is 5.41 Å². The molecule has 1 spiro atoms. The maximum Gasteiger partial charge on any atom is 0.303 e. The zero-order chi connectivity index (χ0) is 14.6. The molecular weight excluding hydrogens is 256 g/mol. The molecule has 2 fully saturated rings. The number of hydrogen-bond donors (Lipinski definition) is 2. The normalized spacial score (nSPS) is 23.6. The molecule has 114 valence electrons. The second kappa shape index (κ2) is 6.57. The van der Waals surface area contributed by atoms with Gasteiger partial charge in [0.25, 0.3) is 0 Å². The van der Waals surface area contributed by atoms with Gasteiger partial charge in [0.05, 0.1) is 6.04 Å². The van der Waals surface area contributed by atoms with Crippen LogP contribution in [0.25, 0.3) is 0 Å². The Bertz CT molecular complexity index is 354. The van der Waals surface area contributed by atoms with Crippen molar-refractivity contribution in [1.82, 2.24) is 4.90 Å². The first-order chi connectivity index (χ1) is 9.52. The molecule has 1 aliphatic heterocycles. The van der Waals surface area contributed by atoms with Crippen LogP contribution in [0.15, 0.2) is 0 Å². The highest BCUT2D eigenvalue weighted by molar-refractivity contribution is 5.82. The molecule has 1 saturated carbocycles. The van der Waals surface area contributed by atoms with E-state index < -0.39 is 12.0 Å². The van der Waals surface area contributed by atoms with E-state index in [9.17, 15) is 9.59 Å². The van der Waals surface area contributed by atoms with Gasteiger partial charge in [0, 0.05) is 19.5 Å². The number of aliphatic carboxylic acids is 1. The van der Waals surface area contributed by atoms with Gasteiger partial charge in [-0.25, -0.2) is 0 Å². The predicted octanol–water partition coefficient (Wildman–Crippen LogP) is 1.75. The summed E-state index contributed by atoms with van der Waals surface area (Å²) in [6.07, 6.45) is 8.98. The van der Waals surface area contributed by atoms with Crippen molar-refractivity contribution in [2.24, 2.45) is 11.1 Å². The number of carbonyl (C=O) groups excluding carboxylic acids is 1. The fraction of sp³-hybridized carbons (Fsp3) is 0.867. The molecule has 20 heavy (non-hydrogen) atoms. The lowest BCUT2D eigenvalue weighted by Gasteiger charge is -2.44. The number of piperidine rings is 1. The van der Waals surface area contributed by atoms with Crippen molar-refractivity contribution in [1.29, 1.82) is 0 Å². The van der Waals surface area contributed by atoms with Crippen LogP contribution >= 0.6 is 0 Å². The Morgan fingerprint density at radius 3 is 2.25 bits per heavy atom. The summed E-state index contributed by atoms with van der Waals surface area (Å²) in [6, 6.07) is -0.661. The smallest absolute Gasteiger partial charge is 0.303 e. The van der Waals surface area contributed by atoms with E-state index in [1.807, 2.05) is 4.90 Å². The number of nitrogens with zero attached hydrogens (tertiary/aromatic N) is 1. The van der Waals surface area contributed by atoms with Gasteiger partial charge in [-0.1, -0.05) is 19.3 Å². The summed E-state index contributed by atoms with van der Waals surface area (Å²) in [4.78, 5) is 24.6. The zero-order valence-corrected chi connectivity index (χ0v) is 12.1. The quantitative estimate of drug-likeness (QED) is 0.823. The summed E-state index contributed by atoms with van der Waals surface area (Å²) >= 11 is 0. The molecule has 1 unspecified atom stereocenters. The van der Waals surface area contributed by atoms with Crippen LogP contribution in [0.5, 0.6) is 0 Å². The molecule has 1 heterocycles. The Morgan fingerprint density at radius 1 is 1.10 bits per heavy atom. The van der Waals surface area contributed by atoms with E-state index in [0.717, 1.165) is 25.9 Å². The third kappa shape index (κ3) is 3.72. The minimum atomic E-state index is -0.895. The minimum Gasteiger partial charge on any atom is -0.481 e. The standard InChI is InChI=1S/C15H26N2O3/c16-12(4-5-13(18)19)14(20)17-10-8-15(9-11-17)6-2-1-3-7-15/h12H,1-11,16H2,(H,18,19). The number of carboxylic acids is 1. The molecule has 5 nitrogen and oxygen atoms in total. The molecule has 5 heteroatoms. The number of carboxylic acid groups (broad SMARTS) is 1. The molecule has 3 N–H and O–H groups in total. The van der Waals surface area contributed by atoms with Gasteiger partial charge in [-0.05, 0) is 37.5 Å². The van der Waals surface area contributed by atoms with Gasteiger partial charge < -0.3 is 15.7 Å². The van der Waals surface area contributed by atoms with Crippen molar-refractivity contribution >= 4 is 11.9 Å². The first kappa shape index (κ1) is 15.3. The molecule has 0 aromatic carbocycles. The minimum absolute atomic E-state index is 0.0370. The third-order valence-electron chi connectivity index (χ3n) is 5.04. The lowest BCUT2D eigenvalue weighted by atomic mass is 9.68. The average Bonchev–Trinajstić information content (AvgIpc) is 2.45. The number of amides is 1. The molecule has 1 amide bonds. The van der Waals surface area contributed by atoms with Gasteiger partial charge in [-0.3, -0.25) is 9.59 Å². The lowest BCUT2D eigenvalue weighted by Crippen LogP contribution is -2.49. The number of carbonyl (C=O) groups is 2. The highest BCUT2D eigenvalue weighted by Crippen LogP contribution is 2.44. The SMILES string of the molecule is NC(CCC(=O)O)C(=O)N1CCC2(CCCCC2)CC1. The molecule has 1 aliphatic carbocycles. The number of nitrogens with two attached hydrogens (primary N) is 1. The Balaban J connectivity index is 1.80. The van der Waals surface area contributed by atoms with Crippen LogP contribution in [0.2, 0.25) is 0 Å². The number of rotatable bonds is 4. The molecular formula is C15H26N2O3. The predicted molar refractivity (Wildman–Crippen MR) is 76.2 cm³/mol. The van der Waals surface area contributed by atoms with Crippen LogP contribution in [-0.2, 0) is 9.59 Å². The summed E-state index contributed by atoms with van der Waals surface area (Å²) in [5.74, 6) is -0.968. The van der Waals surface area contributed by atoms with Gasteiger partial charge in [0.15, 0.2) is 0 Å². The van der Waals surface area contributed by atoms with Crippen molar-refractivity contribution < 1.29 is 14.7 Å². The molecule has 0 aromatic rings. The third-order valence-corrected chi connectivity index (χ3v) is 5.04.